The molecule has 1 aliphatic carbocycles. The zero-order valence-corrected chi connectivity index (χ0v) is 22.3. The van der Waals surface area contributed by atoms with Crippen molar-refractivity contribution in [3.8, 4) is 5.75 Å². The van der Waals surface area contributed by atoms with Crippen LogP contribution in [0.5, 0.6) is 5.75 Å². The lowest BCUT2D eigenvalue weighted by atomic mass is 9.96. The topological polar surface area (TPSA) is 116 Å². The quantitative estimate of drug-likeness (QED) is 0.221. The van der Waals surface area contributed by atoms with E-state index in [9.17, 15) is 19.2 Å². The predicted octanol–water partition coefficient (Wildman–Crippen LogP) is 2.52. The molecule has 0 amide bonds. The molecule has 3 heterocycles. The number of halogens is 1. The third-order valence-electron chi connectivity index (χ3n) is 7.40. The molecular formula is C28H32FN3O7. The van der Waals surface area contributed by atoms with Gasteiger partial charge >= 0.3 is 11.9 Å². The highest BCUT2D eigenvalue weighted by Gasteiger charge is 2.41. The van der Waals surface area contributed by atoms with Crippen LogP contribution in [0.3, 0.4) is 0 Å². The Morgan fingerprint density at radius 3 is 2.44 bits per heavy atom. The van der Waals surface area contributed by atoms with Gasteiger partial charge in [-0.2, -0.15) is 0 Å². The number of pyridine rings is 1. The van der Waals surface area contributed by atoms with E-state index in [1.807, 2.05) is 4.90 Å². The summed E-state index contributed by atoms with van der Waals surface area (Å²) in [4.78, 5) is 54.3. The minimum Gasteiger partial charge on any atom is -0.492 e. The minimum absolute atomic E-state index is 0.0546. The number of carbonyl (C=O) groups excluding carboxylic acids is 3. The highest BCUT2D eigenvalue weighted by Crippen LogP contribution is 2.44. The monoisotopic (exact) mass is 541 g/mol. The van der Waals surface area contributed by atoms with Crippen molar-refractivity contribution in [2.45, 2.75) is 45.2 Å². The van der Waals surface area contributed by atoms with Gasteiger partial charge in [0.25, 0.3) is 0 Å². The number of Topliss-reactive ketones (excluding diaryl/α,β-unsaturated/α-hetero) is 1. The molecule has 11 heteroatoms. The van der Waals surface area contributed by atoms with Gasteiger partial charge in [0.1, 0.15) is 5.69 Å². The van der Waals surface area contributed by atoms with E-state index >= 15 is 4.39 Å². The summed E-state index contributed by atoms with van der Waals surface area (Å²) in [5, 5.41) is 3.39. The second-order valence-electron chi connectivity index (χ2n) is 9.90. The first kappa shape index (κ1) is 26.9. The van der Waals surface area contributed by atoms with Gasteiger partial charge in [0.15, 0.2) is 22.8 Å². The number of rotatable bonds is 9. The van der Waals surface area contributed by atoms with Gasteiger partial charge in [0.2, 0.25) is 5.92 Å². The summed E-state index contributed by atoms with van der Waals surface area (Å²) < 4.78 is 33.2. The first-order valence-electron chi connectivity index (χ1n) is 13.3. The predicted molar refractivity (Wildman–Crippen MR) is 141 cm³/mol. The van der Waals surface area contributed by atoms with E-state index in [1.165, 1.54) is 32.7 Å². The summed E-state index contributed by atoms with van der Waals surface area (Å²) >= 11 is 0. The number of ketones is 1. The third-order valence-corrected chi connectivity index (χ3v) is 7.40. The van der Waals surface area contributed by atoms with E-state index in [1.54, 1.807) is 4.57 Å². The Balaban J connectivity index is 1.67. The average Bonchev–Trinajstić information content (AvgIpc) is 3.66. The molecule has 0 radical (unpaired) electrons. The lowest BCUT2D eigenvalue weighted by molar-refractivity contribution is -0.158. The molecule has 208 valence electrons. The molecule has 1 atom stereocenters. The number of aromatic nitrogens is 1. The highest BCUT2D eigenvalue weighted by atomic mass is 19.1. The smallest absolute Gasteiger partial charge is 0.328 e. The number of hydrogen-bond acceptors (Lipinski definition) is 9. The molecule has 0 bridgehead atoms. The van der Waals surface area contributed by atoms with Gasteiger partial charge in [0, 0.05) is 31.4 Å². The molecule has 2 aliphatic heterocycles. The Kier molecular flexibility index (Phi) is 7.44. The molecule has 3 aliphatic rings. The van der Waals surface area contributed by atoms with Gasteiger partial charge in [-0.05, 0) is 51.3 Å². The second kappa shape index (κ2) is 10.8. The number of esters is 2. The largest absolute Gasteiger partial charge is 0.492 e. The lowest BCUT2D eigenvalue weighted by Crippen LogP contribution is -2.37. The van der Waals surface area contributed by atoms with Crippen molar-refractivity contribution < 1.29 is 33.0 Å². The minimum atomic E-state index is -1.96. The summed E-state index contributed by atoms with van der Waals surface area (Å²) in [7, 11) is 1.43. The van der Waals surface area contributed by atoms with Crippen LogP contribution in [0.25, 0.3) is 10.9 Å². The Labute approximate surface area is 224 Å². The first-order valence-corrected chi connectivity index (χ1v) is 13.3. The van der Waals surface area contributed by atoms with Gasteiger partial charge in [-0.25, -0.2) is 4.39 Å². The summed E-state index contributed by atoms with van der Waals surface area (Å²) in [5.74, 6) is -5.65. The number of benzene rings is 1. The van der Waals surface area contributed by atoms with E-state index in [0.29, 0.717) is 18.6 Å². The van der Waals surface area contributed by atoms with Crippen LogP contribution < -0.4 is 20.4 Å². The van der Waals surface area contributed by atoms with Gasteiger partial charge in [-0.15, -0.1) is 0 Å². The molecule has 1 saturated heterocycles. The Hall–Kier alpha value is -3.73. The van der Waals surface area contributed by atoms with E-state index < -0.39 is 40.4 Å². The molecule has 1 N–H and O–H groups in total. The molecule has 39 heavy (non-hydrogen) atoms. The van der Waals surface area contributed by atoms with E-state index in [0.717, 1.165) is 31.9 Å². The van der Waals surface area contributed by atoms with Crippen molar-refractivity contribution in [2.75, 3.05) is 44.9 Å². The summed E-state index contributed by atoms with van der Waals surface area (Å²) in [5.41, 5.74) is 0.613. The molecule has 0 spiro atoms. The highest BCUT2D eigenvalue weighted by molar-refractivity contribution is 6.21. The van der Waals surface area contributed by atoms with E-state index in [-0.39, 0.29) is 42.1 Å². The lowest BCUT2D eigenvalue weighted by Gasteiger charge is -2.25. The molecule has 1 saturated carbocycles. The number of nitrogens with zero attached hydrogens (tertiary/aromatic N) is 2. The maximum atomic E-state index is 15.8. The average molecular weight is 542 g/mol. The Morgan fingerprint density at radius 2 is 1.85 bits per heavy atom. The standard InChI is InChI=1S/C28H32FN3O7/c1-4-38-27(35)21(28(36)39-5-2)25(34)18-13-32(16-8-9-16)22-17(24(18)33)11-19(29)23(26(22)37-3)31-12-15-7-6-10-30-20(15)14-31/h7,11,13,16,20-21,30H,4-6,8-10,12,14H2,1-3H3. The number of anilines is 1. The summed E-state index contributed by atoms with van der Waals surface area (Å²) in [6.07, 6.45) is 6.00. The molecule has 1 aromatic heterocycles. The fourth-order valence-corrected chi connectivity index (χ4v) is 5.49. The van der Waals surface area contributed by atoms with Gasteiger partial charge in [0.05, 0.1) is 36.8 Å². The molecule has 5 rings (SSSR count). The number of ether oxygens (including phenoxy) is 3. The van der Waals surface area contributed by atoms with Gasteiger partial charge < -0.3 is 29.0 Å². The maximum Gasteiger partial charge on any atom is 0.328 e. The van der Waals surface area contributed by atoms with Crippen LogP contribution in [0.2, 0.25) is 0 Å². The fourth-order valence-electron chi connectivity index (χ4n) is 5.49. The fraction of sp³-hybridized carbons (Fsp3) is 0.500. The normalized spacial score (nSPS) is 18.6. The zero-order valence-electron chi connectivity index (χ0n) is 22.3. The van der Waals surface area contributed by atoms with E-state index in [4.69, 9.17) is 14.2 Å². The van der Waals surface area contributed by atoms with Crippen molar-refractivity contribution in [2.24, 2.45) is 5.92 Å². The van der Waals surface area contributed by atoms with E-state index in [2.05, 4.69) is 11.4 Å². The van der Waals surface area contributed by atoms with Crippen molar-refractivity contribution in [1.82, 2.24) is 9.88 Å². The molecule has 2 fully saturated rings. The van der Waals surface area contributed by atoms with Crippen LogP contribution in [-0.2, 0) is 19.1 Å². The molecule has 1 aromatic carbocycles. The maximum absolute atomic E-state index is 15.8. The number of hydrogen-bond donors (Lipinski definition) is 1. The Morgan fingerprint density at radius 1 is 1.15 bits per heavy atom. The zero-order chi connectivity index (χ0) is 27.8. The molecule has 1 unspecified atom stereocenters. The SMILES string of the molecule is CCOC(=O)C(C(=O)OCC)C(=O)c1cn(C2CC2)c2c(OC)c(N3CC4=CCCNC4C3)c(F)cc2c1=O. The first-order chi connectivity index (χ1) is 18.8. The summed E-state index contributed by atoms with van der Waals surface area (Å²) in [6, 6.07) is 1.19. The molecule has 10 nitrogen and oxygen atoms in total. The molecule has 2 aromatic rings. The molecular weight excluding hydrogens is 509 g/mol. The van der Waals surface area contributed by atoms with Crippen LogP contribution in [0.15, 0.2) is 28.7 Å². The third kappa shape index (κ3) is 4.80. The second-order valence-corrected chi connectivity index (χ2v) is 9.90. The van der Waals surface area contributed by atoms with Crippen molar-refractivity contribution in [3.05, 3.63) is 45.5 Å². The summed E-state index contributed by atoms with van der Waals surface area (Å²) in [6.45, 7) is 4.87. The van der Waals surface area contributed by atoms with Gasteiger partial charge in [-0.1, -0.05) is 6.08 Å². The van der Waals surface area contributed by atoms with Crippen LogP contribution in [0.4, 0.5) is 10.1 Å². The van der Waals surface area contributed by atoms with Crippen LogP contribution in [0.1, 0.15) is 49.5 Å². The number of carbonyl (C=O) groups is 3. The number of fused-ring (bicyclic) bond motifs is 2. The number of nitrogens with one attached hydrogen (secondary N) is 1. The Bertz CT molecular complexity index is 1410. The van der Waals surface area contributed by atoms with Crippen LogP contribution in [0, 0.1) is 11.7 Å². The van der Waals surface area contributed by atoms with Crippen LogP contribution >= 0.6 is 0 Å². The van der Waals surface area contributed by atoms with Crippen molar-refractivity contribution in [1.29, 1.82) is 0 Å². The van der Waals surface area contributed by atoms with Crippen molar-refractivity contribution >= 4 is 34.3 Å². The van der Waals surface area contributed by atoms with Crippen LogP contribution in [-0.4, -0.2) is 68.3 Å². The van der Waals surface area contributed by atoms with Gasteiger partial charge in [-0.3, -0.25) is 19.2 Å². The number of methoxy groups -OCH3 is 1. The van der Waals surface area contributed by atoms with Crippen molar-refractivity contribution in [3.63, 3.8) is 0 Å².